The molecule has 0 spiro atoms. The van der Waals surface area contributed by atoms with Gasteiger partial charge in [0, 0.05) is 17.8 Å². The molecule has 0 unspecified atom stereocenters. The van der Waals surface area contributed by atoms with Crippen molar-refractivity contribution in [1.82, 2.24) is 0 Å². The van der Waals surface area contributed by atoms with E-state index >= 15 is 0 Å². The quantitative estimate of drug-likeness (QED) is 0.801. The van der Waals surface area contributed by atoms with Crippen LogP contribution in [0.25, 0.3) is 11.1 Å². The topological polar surface area (TPSA) is 12.0 Å². The normalized spacial score (nSPS) is 13.9. The lowest BCUT2D eigenvalue weighted by Gasteiger charge is -2.21. The first-order valence-electron chi connectivity index (χ1n) is 6.07. The fourth-order valence-electron chi connectivity index (χ4n) is 2.41. The zero-order valence-electron chi connectivity index (χ0n) is 9.84. The molecule has 0 aliphatic carbocycles. The summed E-state index contributed by atoms with van der Waals surface area (Å²) in [5, 5.41) is 3.35. The predicted octanol–water partition coefficient (Wildman–Crippen LogP) is 3.99. The fraction of sp³-hybridized carbons (Fsp3) is 0.200. The van der Waals surface area contributed by atoms with Crippen LogP contribution in [0.2, 0.25) is 0 Å². The summed E-state index contributed by atoms with van der Waals surface area (Å²) >= 11 is 0. The number of hydrogen-bond donors (Lipinski definition) is 1. The number of nitrogens with one attached hydrogen (secondary N) is 1. The van der Waals surface area contributed by atoms with E-state index < -0.39 is 11.6 Å². The van der Waals surface area contributed by atoms with Gasteiger partial charge in [-0.25, -0.2) is 8.78 Å². The van der Waals surface area contributed by atoms with Gasteiger partial charge in [-0.1, -0.05) is 24.3 Å². The molecule has 1 aliphatic heterocycles. The van der Waals surface area contributed by atoms with E-state index in [9.17, 15) is 8.78 Å². The number of rotatable bonds is 1. The van der Waals surface area contributed by atoms with Gasteiger partial charge in [0.25, 0.3) is 0 Å². The highest BCUT2D eigenvalue weighted by Gasteiger charge is 2.14. The second-order valence-corrected chi connectivity index (χ2v) is 4.50. The molecule has 0 saturated carbocycles. The minimum atomic E-state index is -0.809. The summed E-state index contributed by atoms with van der Waals surface area (Å²) in [4.78, 5) is 0. The lowest BCUT2D eigenvalue weighted by Crippen LogP contribution is -2.12. The molecule has 1 N–H and O–H groups in total. The summed E-state index contributed by atoms with van der Waals surface area (Å²) in [6.07, 6.45) is 2.13. The monoisotopic (exact) mass is 245 g/mol. The molecule has 0 amide bonds. The Bertz CT molecular complexity index is 593. The van der Waals surface area contributed by atoms with E-state index in [1.165, 1.54) is 17.7 Å². The molecule has 0 fully saturated rings. The lowest BCUT2D eigenvalue weighted by atomic mass is 9.95. The van der Waals surface area contributed by atoms with E-state index in [0.29, 0.717) is 5.56 Å². The van der Waals surface area contributed by atoms with Crippen LogP contribution in [0.4, 0.5) is 14.5 Å². The smallest absolute Gasteiger partial charge is 0.159 e. The maximum absolute atomic E-state index is 13.3. The summed E-state index contributed by atoms with van der Waals surface area (Å²) in [7, 11) is 0. The molecular formula is C15H13F2N. The van der Waals surface area contributed by atoms with Crippen molar-refractivity contribution in [3.05, 3.63) is 53.6 Å². The third-order valence-corrected chi connectivity index (χ3v) is 3.31. The Morgan fingerprint density at radius 2 is 1.89 bits per heavy atom. The van der Waals surface area contributed by atoms with E-state index in [0.717, 1.165) is 30.6 Å². The third-order valence-electron chi connectivity index (χ3n) is 3.31. The van der Waals surface area contributed by atoms with Crippen molar-refractivity contribution in [2.75, 3.05) is 11.9 Å². The molecule has 0 bridgehead atoms. The highest BCUT2D eigenvalue weighted by atomic mass is 19.2. The first-order valence-corrected chi connectivity index (χ1v) is 6.07. The highest BCUT2D eigenvalue weighted by molar-refractivity contribution is 5.80. The Labute approximate surface area is 104 Å². The first-order chi connectivity index (χ1) is 8.75. The molecule has 0 radical (unpaired) electrons. The summed E-state index contributed by atoms with van der Waals surface area (Å²) in [6.45, 7) is 0.924. The zero-order chi connectivity index (χ0) is 12.5. The molecule has 1 nitrogen and oxygen atoms in total. The van der Waals surface area contributed by atoms with Gasteiger partial charge >= 0.3 is 0 Å². The van der Waals surface area contributed by atoms with Crippen LogP contribution in [0.15, 0.2) is 36.4 Å². The maximum atomic E-state index is 13.3. The minimum Gasteiger partial charge on any atom is -0.384 e. The maximum Gasteiger partial charge on any atom is 0.159 e. The number of benzene rings is 2. The van der Waals surface area contributed by atoms with Crippen molar-refractivity contribution in [2.45, 2.75) is 12.8 Å². The molecule has 0 aromatic heterocycles. The predicted molar refractivity (Wildman–Crippen MR) is 68.6 cm³/mol. The van der Waals surface area contributed by atoms with Gasteiger partial charge in [-0.3, -0.25) is 0 Å². The second-order valence-electron chi connectivity index (χ2n) is 4.50. The summed E-state index contributed by atoms with van der Waals surface area (Å²) in [5.74, 6) is -1.61. The van der Waals surface area contributed by atoms with E-state index in [-0.39, 0.29) is 0 Å². The number of para-hydroxylation sites is 1. The van der Waals surface area contributed by atoms with Crippen LogP contribution in [-0.2, 0) is 6.42 Å². The molecule has 0 saturated heterocycles. The fourth-order valence-corrected chi connectivity index (χ4v) is 2.41. The van der Waals surface area contributed by atoms with E-state index in [2.05, 4.69) is 11.4 Å². The van der Waals surface area contributed by atoms with Gasteiger partial charge in [-0.15, -0.1) is 0 Å². The first kappa shape index (κ1) is 11.2. The zero-order valence-corrected chi connectivity index (χ0v) is 9.84. The Kier molecular flexibility index (Phi) is 2.74. The van der Waals surface area contributed by atoms with E-state index in [4.69, 9.17) is 0 Å². The largest absolute Gasteiger partial charge is 0.384 e. The Balaban J connectivity index is 2.13. The Hall–Kier alpha value is -1.90. The molecule has 1 heterocycles. The molecule has 1 aliphatic rings. The van der Waals surface area contributed by atoms with Crippen LogP contribution in [-0.4, -0.2) is 6.54 Å². The Morgan fingerprint density at radius 1 is 1.00 bits per heavy atom. The van der Waals surface area contributed by atoms with Crippen LogP contribution < -0.4 is 5.32 Å². The van der Waals surface area contributed by atoms with Crippen molar-refractivity contribution >= 4 is 5.69 Å². The average molecular weight is 245 g/mol. The molecule has 18 heavy (non-hydrogen) atoms. The summed E-state index contributed by atoms with van der Waals surface area (Å²) in [5.41, 5.74) is 3.93. The van der Waals surface area contributed by atoms with Gasteiger partial charge in [-0.05, 0) is 36.1 Å². The van der Waals surface area contributed by atoms with Crippen molar-refractivity contribution in [3.63, 3.8) is 0 Å². The number of hydrogen-bond acceptors (Lipinski definition) is 1. The van der Waals surface area contributed by atoms with Gasteiger partial charge < -0.3 is 5.32 Å². The summed E-state index contributed by atoms with van der Waals surface area (Å²) in [6, 6.07) is 10.0. The van der Waals surface area contributed by atoms with Crippen molar-refractivity contribution in [1.29, 1.82) is 0 Å². The van der Waals surface area contributed by atoms with Crippen molar-refractivity contribution < 1.29 is 8.78 Å². The number of anilines is 1. The van der Waals surface area contributed by atoms with Crippen molar-refractivity contribution in [2.24, 2.45) is 0 Å². The minimum absolute atomic E-state index is 0.708. The molecule has 0 atom stereocenters. The Morgan fingerprint density at radius 3 is 2.72 bits per heavy atom. The average Bonchev–Trinajstić information content (AvgIpc) is 2.41. The van der Waals surface area contributed by atoms with Crippen LogP contribution in [0, 0.1) is 11.6 Å². The number of aryl methyl sites for hydroxylation is 1. The summed E-state index contributed by atoms with van der Waals surface area (Å²) < 4.78 is 26.3. The molecule has 2 aromatic carbocycles. The van der Waals surface area contributed by atoms with Crippen LogP contribution in [0.3, 0.4) is 0 Å². The van der Waals surface area contributed by atoms with Crippen LogP contribution in [0.5, 0.6) is 0 Å². The van der Waals surface area contributed by atoms with Gasteiger partial charge in [0.05, 0.1) is 0 Å². The van der Waals surface area contributed by atoms with Crippen LogP contribution in [0.1, 0.15) is 12.0 Å². The molecular weight excluding hydrogens is 232 g/mol. The lowest BCUT2D eigenvalue weighted by molar-refractivity contribution is 0.509. The number of halogens is 2. The van der Waals surface area contributed by atoms with E-state index in [1.54, 1.807) is 6.07 Å². The molecule has 3 heteroatoms. The SMILES string of the molecule is Fc1ccc(-c2cccc3c2NCCC3)cc1F. The van der Waals surface area contributed by atoms with Gasteiger partial charge in [-0.2, -0.15) is 0 Å². The van der Waals surface area contributed by atoms with E-state index in [1.807, 2.05) is 12.1 Å². The standard InChI is InChI=1S/C15H13F2N/c16-13-7-6-11(9-14(13)17)12-5-1-3-10-4-2-8-18-15(10)12/h1,3,5-7,9,18H,2,4,8H2. The second kappa shape index (κ2) is 4.41. The molecule has 92 valence electrons. The van der Waals surface area contributed by atoms with Gasteiger partial charge in [0.15, 0.2) is 11.6 Å². The van der Waals surface area contributed by atoms with Crippen molar-refractivity contribution in [3.8, 4) is 11.1 Å². The molecule has 3 rings (SSSR count). The highest BCUT2D eigenvalue weighted by Crippen LogP contribution is 2.34. The third kappa shape index (κ3) is 1.86. The van der Waals surface area contributed by atoms with Gasteiger partial charge in [0.1, 0.15) is 0 Å². The van der Waals surface area contributed by atoms with Gasteiger partial charge in [0.2, 0.25) is 0 Å². The van der Waals surface area contributed by atoms with Crippen LogP contribution >= 0.6 is 0 Å². The number of fused-ring (bicyclic) bond motifs is 1. The molecule has 2 aromatic rings.